The zero-order valence-electron chi connectivity index (χ0n) is 11.9. The summed E-state index contributed by atoms with van der Waals surface area (Å²) in [5.41, 5.74) is -0.132. The smallest absolute Gasteiger partial charge is 0.263 e. The maximum absolute atomic E-state index is 11.9. The average Bonchev–Trinajstić information content (AvgIpc) is 3.05. The quantitative estimate of drug-likeness (QED) is 0.876. The fraction of sp³-hybridized carbons (Fsp3) is 0.467. The van der Waals surface area contributed by atoms with E-state index in [1.165, 1.54) is 0 Å². The van der Waals surface area contributed by atoms with E-state index in [4.69, 9.17) is 8.83 Å². The molecule has 1 amide bonds. The van der Waals surface area contributed by atoms with E-state index in [1.54, 1.807) is 25.3 Å². The lowest BCUT2D eigenvalue weighted by Gasteiger charge is -2.36. The second-order valence-corrected chi connectivity index (χ2v) is 5.53. The number of nitrogens with zero attached hydrogens (tertiary/aromatic N) is 1. The van der Waals surface area contributed by atoms with Gasteiger partial charge in [-0.1, -0.05) is 0 Å². The van der Waals surface area contributed by atoms with Gasteiger partial charge in [0.1, 0.15) is 5.76 Å². The number of carbonyl (C=O) groups is 1. The lowest BCUT2D eigenvalue weighted by atomic mass is 9.80. The molecule has 6 nitrogen and oxygen atoms in total. The van der Waals surface area contributed by atoms with Crippen molar-refractivity contribution in [1.82, 2.24) is 10.3 Å². The number of nitrogens with one attached hydrogen (secondary N) is 1. The van der Waals surface area contributed by atoms with Crippen molar-refractivity contribution in [1.29, 1.82) is 0 Å². The summed E-state index contributed by atoms with van der Waals surface area (Å²) in [7, 11) is 0. The fourth-order valence-electron chi connectivity index (χ4n) is 2.34. The minimum absolute atomic E-state index is 0.131. The number of aryl methyl sites for hydroxylation is 1. The van der Waals surface area contributed by atoms with Crippen molar-refractivity contribution in [3.8, 4) is 11.7 Å². The molecular formula is C15H18N2O4. The molecular weight excluding hydrogens is 272 g/mol. The number of aliphatic hydroxyl groups is 1. The van der Waals surface area contributed by atoms with Gasteiger partial charge < -0.3 is 19.3 Å². The monoisotopic (exact) mass is 290 g/mol. The summed E-state index contributed by atoms with van der Waals surface area (Å²) in [6.45, 7) is 2.06. The average molecular weight is 290 g/mol. The van der Waals surface area contributed by atoms with Gasteiger partial charge >= 0.3 is 0 Å². The predicted molar refractivity (Wildman–Crippen MR) is 74.5 cm³/mol. The van der Waals surface area contributed by atoms with Gasteiger partial charge in [-0.3, -0.25) is 4.79 Å². The Morgan fingerprint density at radius 1 is 1.52 bits per heavy atom. The van der Waals surface area contributed by atoms with E-state index in [1.807, 2.05) is 0 Å². The lowest BCUT2D eigenvalue weighted by molar-refractivity contribution is -0.123. The van der Waals surface area contributed by atoms with Crippen LogP contribution in [0.3, 0.4) is 0 Å². The third-order valence-corrected chi connectivity index (χ3v) is 3.85. The first kappa shape index (κ1) is 13.9. The van der Waals surface area contributed by atoms with Crippen molar-refractivity contribution in [3.05, 3.63) is 29.9 Å². The van der Waals surface area contributed by atoms with Crippen LogP contribution in [-0.2, 0) is 11.2 Å². The second-order valence-electron chi connectivity index (χ2n) is 5.53. The molecule has 0 spiro atoms. The summed E-state index contributed by atoms with van der Waals surface area (Å²) in [5.74, 6) is 1.34. The molecule has 1 aliphatic carbocycles. The van der Waals surface area contributed by atoms with Crippen LogP contribution in [0.5, 0.6) is 0 Å². The standard InChI is InChI=1S/C15H18N2O4/c1-10-11(17-14(21-10)12-4-2-7-20-12)8-13(18)16-9-15(19)5-3-6-15/h2,4,7,19H,3,5-6,8-9H2,1H3,(H,16,18). The molecule has 1 fully saturated rings. The molecule has 0 radical (unpaired) electrons. The summed E-state index contributed by atoms with van der Waals surface area (Å²) in [6.07, 6.45) is 4.19. The molecule has 0 bridgehead atoms. The highest BCUT2D eigenvalue weighted by atomic mass is 16.4. The molecule has 2 aromatic rings. The fourth-order valence-corrected chi connectivity index (χ4v) is 2.34. The molecule has 0 saturated heterocycles. The third-order valence-electron chi connectivity index (χ3n) is 3.85. The van der Waals surface area contributed by atoms with E-state index in [9.17, 15) is 9.90 Å². The van der Waals surface area contributed by atoms with Gasteiger partial charge in [0.15, 0.2) is 5.76 Å². The Hall–Kier alpha value is -2.08. The van der Waals surface area contributed by atoms with Crippen molar-refractivity contribution in [2.24, 2.45) is 0 Å². The maximum Gasteiger partial charge on any atom is 0.263 e. The first-order chi connectivity index (χ1) is 10.1. The van der Waals surface area contributed by atoms with Gasteiger partial charge in [0.05, 0.1) is 24.0 Å². The molecule has 2 N–H and O–H groups in total. The number of amides is 1. The summed E-state index contributed by atoms with van der Waals surface area (Å²) >= 11 is 0. The van der Waals surface area contributed by atoms with Crippen LogP contribution in [0.1, 0.15) is 30.7 Å². The minimum atomic E-state index is -0.714. The Morgan fingerprint density at radius 2 is 2.33 bits per heavy atom. The van der Waals surface area contributed by atoms with Gasteiger partial charge in [-0.2, -0.15) is 0 Å². The molecule has 21 heavy (non-hydrogen) atoms. The molecule has 0 unspecified atom stereocenters. The minimum Gasteiger partial charge on any atom is -0.459 e. The number of hydrogen-bond acceptors (Lipinski definition) is 5. The van der Waals surface area contributed by atoms with Gasteiger partial charge in [0.2, 0.25) is 5.91 Å². The van der Waals surface area contributed by atoms with Gasteiger partial charge in [0.25, 0.3) is 5.89 Å². The summed E-state index contributed by atoms with van der Waals surface area (Å²) in [6, 6.07) is 3.50. The molecule has 0 atom stereocenters. The third kappa shape index (κ3) is 3.00. The van der Waals surface area contributed by atoms with Crippen molar-refractivity contribution in [2.45, 2.75) is 38.2 Å². The Bertz CT molecular complexity index is 626. The van der Waals surface area contributed by atoms with E-state index in [-0.39, 0.29) is 12.3 Å². The Kier molecular flexibility index (Phi) is 3.55. The first-order valence-electron chi connectivity index (χ1n) is 7.05. The van der Waals surface area contributed by atoms with E-state index in [0.717, 1.165) is 19.3 Å². The van der Waals surface area contributed by atoms with Crippen LogP contribution in [0.2, 0.25) is 0 Å². The summed E-state index contributed by atoms with van der Waals surface area (Å²) in [5, 5.41) is 12.7. The zero-order chi connectivity index (χ0) is 14.9. The lowest BCUT2D eigenvalue weighted by Crippen LogP contribution is -2.48. The topological polar surface area (TPSA) is 88.5 Å². The molecule has 2 heterocycles. The highest BCUT2D eigenvalue weighted by Gasteiger charge is 2.34. The van der Waals surface area contributed by atoms with E-state index >= 15 is 0 Å². The normalized spacial score (nSPS) is 16.5. The van der Waals surface area contributed by atoms with Crippen LogP contribution in [-0.4, -0.2) is 28.1 Å². The van der Waals surface area contributed by atoms with Crippen LogP contribution < -0.4 is 5.32 Å². The number of aromatic nitrogens is 1. The second kappa shape index (κ2) is 5.37. The number of hydrogen-bond donors (Lipinski definition) is 2. The van der Waals surface area contributed by atoms with Crippen LogP contribution in [0.4, 0.5) is 0 Å². The van der Waals surface area contributed by atoms with Gasteiger partial charge in [-0.15, -0.1) is 0 Å². The van der Waals surface area contributed by atoms with Crippen LogP contribution >= 0.6 is 0 Å². The van der Waals surface area contributed by atoms with Crippen LogP contribution in [0.25, 0.3) is 11.7 Å². The van der Waals surface area contributed by atoms with Crippen LogP contribution in [0.15, 0.2) is 27.2 Å². The number of furan rings is 1. The molecule has 1 aliphatic rings. The molecule has 3 rings (SSSR count). The van der Waals surface area contributed by atoms with Crippen molar-refractivity contribution >= 4 is 5.91 Å². The molecule has 112 valence electrons. The Labute approximate surface area is 122 Å². The van der Waals surface area contributed by atoms with Gasteiger partial charge in [0, 0.05) is 6.54 Å². The summed E-state index contributed by atoms with van der Waals surface area (Å²) < 4.78 is 10.7. The highest BCUT2D eigenvalue weighted by Crippen LogP contribution is 2.30. The zero-order valence-corrected chi connectivity index (χ0v) is 11.9. The summed E-state index contributed by atoms with van der Waals surface area (Å²) in [4.78, 5) is 16.2. The molecule has 2 aromatic heterocycles. The number of rotatable bonds is 5. The first-order valence-corrected chi connectivity index (χ1v) is 7.05. The highest BCUT2D eigenvalue weighted by molar-refractivity contribution is 5.78. The molecule has 0 aromatic carbocycles. The molecule has 0 aliphatic heterocycles. The van der Waals surface area contributed by atoms with Gasteiger partial charge in [-0.05, 0) is 38.3 Å². The van der Waals surface area contributed by atoms with Crippen molar-refractivity contribution < 1.29 is 18.7 Å². The number of carbonyl (C=O) groups excluding carboxylic acids is 1. The largest absolute Gasteiger partial charge is 0.459 e. The van der Waals surface area contributed by atoms with E-state index < -0.39 is 5.60 Å². The van der Waals surface area contributed by atoms with E-state index in [0.29, 0.717) is 29.6 Å². The number of oxazole rings is 1. The SMILES string of the molecule is Cc1oc(-c2ccco2)nc1CC(=O)NCC1(O)CCC1. The van der Waals surface area contributed by atoms with Crippen LogP contribution in [0, 0.1) is 6.92 Å². The van der Waals surface area contributed by atoms with Gasteiger partial charge in [-0.25, -0.2) is 4.98 Å². The maximum atomic E-state index is 11.9. The molecule has 6 heteroatoms. The van der Waals surface area contributed by atoms with E-state index in [2.05, 4.69) is 10.3 Å². The van der Waals surface area contributed by atoms with Crippen molar-refractivity contribution in [2.75, 3.05) is 6.54 Å². The Balaban J connectivity index is 1.60. The predicted octanol–water partition coefficient (Wildman–Crippen LogP) is 1.82. The Morgan fingerprint density at radius 3 is 2.95 bits per heavy atom. The molecule has 1 saturated carbocycles. The van der Waals surface area contributed by atoms with Crippen molar-refractivity contribution in [3.63, 3.8) is 0 Å².